The van der Waals surface area contributed by atoms with Gasteiger partial charge in [-0.2, -0.15) is 5.26 Å². The highest BCUT2D eigenvalue weighted by Crippen LogP contribution is 2.31. The molecule has 0 amide bonds. The molecule has 11 heteroatoms. The minimum atomic E-state index is -0.535. The maximum Gasteiger partial charge on any atom is 0.348 e. The van der Waals surface area contributed by atoms with Crippen molar-refractivity contribution < 1.29 is 27.8 Å². The molecule has 0 saturated carbocycles. The number of ether oxygens (including phenoxy) is 3. The number of thiophene rings is 1. The molecule has 1 atom stereocenters. The van der Waals surface area contributed by atoms with Crippen LogP contribution in [0.5, 0.6) is 5.88 Å². The van der Waals surface area contributed by atoms with E-state index in [9.17, 15) is 9.18 Å². The van der Waals surface area contributed by atoms with Gasteiger partial charge in [0.05, 0.1) is 42.6 Å². The van der Waals surface area contributed by atoms with Crippen LogP contribution < -0.4 is 4.74 Å². The third-order valence-electron chi connectivity index (χ3n) is 7.07. The second-order valence-electron chi connectivity index (χ2n) is 9.76. The summed E-state index contributed by atoms with van der Waals surface area (Å²) in [4.78, 5) is 22.4. The molecule has 42 heavy (non-hydrogen) atoms. The zero-order chi connectivity index (χ0) is 29.2. The van der Waals surface area contributed by atoms with Crippen LogP contribution in [0.3, 0.4) is 0 Å². The lowest BCUT2D eigenvalue weighted by atomic mass is 10.1. The Morgan fingerprint density at radius 2 is 1.93 bits per heavy atom. The van der Waals surface area contributed by atoms with E-state index in [1.54, 1.807) is 36.4 Å². The van der Waals surface area contributed by atoms with Gasteiger partial charge in [0.2, 0.25) is 5.88 Å². The number of nitrogens with zero attached hydrogens (tertiary/aromatic N) is 4. The Hall–Kier alpha value is -4.66. The van der Waals surface area contributed by atoms with E-state index in [1.807, 2.05) is 10.6 Å². The minimum Gasteiger partial charge on any atom is -0.473 e. The number of pyridine rings is 1. The van der Waals surface area contributed by atoms with Crippen LogP contribution >= 0.6 is 11.3 Å². The summed E-state index contributed by atoms with van der Waals surface area (Å²) in [6.07, 6.45) is 1.22. The molecule has 1 aliphatic heterocycles. The number of carbonyl (C=O) groups is 1. The highest BCUT2D eigenvalue weighted by atomic mass is 32.1. The van der Waals surface area contributed by atoms with Gasteiger partial charge in [0.1, 0.15) is 33.8 Å². The van der Waals surface area contributed by atoms with Crippen LogP contribution in [-0.2, 0) is 29.0 Å². The molecule has 0 radical (unpaired) electrons. The van der Waals surface area contributed by atoms with Gasteiger partial charge < -0.3 is 18.8 Å². The maximum absolute atomic E-state index is 15.4. The number of esters is 1. The molecule has 1 aliphatic rings. The molecule has 1 saturated heterocycles. The number of hydrogen-bond acceptors (Lipinski definition) is 8. The second kappa shape index (κ2) is 11.7. The molecule has 8 nitrogen and oxygen atoms in total. The molecule has 5 aromatic rings. The molecule has 212 valence electrons. The lowest BCUT2D eigenvalue weighted by molar-refractivity contribution is -0.0589. The Morgan fingerprint density at radius 1 is 1.12 bits per heavy atom. The molecule has 0 spiro atoms. The molecule has 2 aromatic carbocycles. The van der Waals surface area contributed by atoms with Crippen LogP contribution in [0.1, 0.15) is 38.6 Å². The van der Waals surface area contributed by atoms with Crippen molar-refractivity contribution in [3.63, 3.8) is 0 Å². The summed E-state index contributed by atoms with van der Waals surface area (Å²) in [5.41, 5.74) is 2.83. The van der Waals surface area contributed by atoms with Gasteiger partial charge >= 0.3 is 5.97 Å². The first-order chi connectivity index (χ1) is 20.4. The molecule has 3 aromatic heterocycles. The van der Waals surface area contributed by atoms with Crippen LogP contribution in [0.2, 0.25) is 0 Å². The van der Waals surface area contributed by atoms with E-state index in [2.05, 4.69) is 4.98 Å². The third-order valence-corrected chi connectivity index (χ3v) is 8.07. The Morgan fingerprint density at radius 3 is 2.64 bits per heavy atom. The van der Waals surface area contributed by atoms with Gasteiger partial charge in [0.25, 0.3) is 0 Å². The molecule has 0 bridgehead atoms. The second-order valence-corrected chi connectivity index (χ2v) is 10.8. The number of methoxy groups -OCH3 is 1. The van der Waals surface area contributed by atoms with Crippen molar-refractivity contribution in [3.05, 3.63) is 99.7 Å². The van der Waals surface area contributed by atoms with Gasteiger partial charge in [0, 0.05) is 30.2 Å². The third kappa shape index (κ3) is 5.59. The van der Waals surface area contributed by atoms with Crippen LogP contribution in [0.25, 0.3) is 21.6 Å². The van der Waals surface area contributed by atoms with Crippen LogP contribution in [-0.4, -0.2) is 40.3 Å². The lowest BCUT2D eigenvalue weighted by Gasteiger charge is -2.27. The quantitative estimate of drug-likeness (QED) is 0.194. The fourth-order valence-corrected chi connectivity index (χ4v) is 5.67. The van der Waals surface area contributed by atoms with Crippen molar-refractivity contribution in [2.45, 2.75) is 32.1 Å². The molecule has 4 heterocycles. The number of rotatable bonds is 9. The predicted molar refractivity (Wildman–Crippen MR) is 151 cm³/mol. The number of hydrogen-bond donors (Lipinski definition) is 0. The number of fused-ring (bicyclic) bond motifs is 1. The largest absolute Gasteiger partial charge is 0.473 e. The SMILES string of the molecule is COC(=O)c1cc2c(nc(Cc3ccc(-c4cccc(OCc5ccc(C#N)cc5F)n4)cc3F)n2C[C@@H]2CCO2)s1. The van der Waals surface area contributed by atoms with Gasteiger partial charge in [-0.25, -0.2) is 23.5 Å². The fraction of sp³-hybridized carbons (Fsp3) is 0.226. The number of carbonyl (C=O) groups excluding carboxylic acids is 1. The monoisotopic (exact) mass is 586 g/mol. The summed E-state index contributed by atoms with van der Waals surface area (Å²) in [6, 6.07) is 17.8. The number of nitriles is 1. The Kier molecular flexibility index (Phi) is 7.65. The average Bonchev–Trinajstić information content (AvgIpc) is 3.53. The normalized spacial score (nSPS) is 14.4. The van der Waals surface area contributed by atoms with Gasteiger partial charge in [-0.1, -0.05) is 24.3 Å². The van der Waals surface area contributed by atoms with Crippen LogP contribution in [0.4, 0.5) is 8.78 Å². The summed E-state index contributed by atoms with van der Waals surface area (Å²) in [5, 5.41) is 8.91. The topological polar surface area (TPSA) is 99.3 Å². The smallest absolute Gasteiger partial charge is 0.348 e. The summed E-state index contributed by atoms with van der Waals surface area (Å²) in [5.74, 6) is -0.427. The summed E-state index contributed by atoms with van der Waals surface area (Å²) in [7, 11) is 1.34. The molecule has 1 fully saturated rings. The van der Waals surface area contributed by atoms with E-state index in [0.29, 0.717) is 51.1 Å². The lowest BCUT2D eigenvalue weighted by Crippen LogP contribution is -2.31. The van der Waals surface area contributed by atoms with E-state index in [1.165, 1.54) is 36.6 Å². The summed E-state index contributed by atoms with van der Waals surface area (Å²) < 4.78 is 47.8. The van der Waals surface area contributed by atoms with Crippen molar-refractivity contribution in [1.29, 1.82) is 5.26 Å². The van der Waals surface area contributed by atoms with Crippen molar-refractivity contribution >= 4 is 27.7 Å². The average molecular weight is 587 g/mol. The van der Waals surface area contributed by atoms with E-state index in [4.69, 9.17) is 24.5 Å². The van der Waals surface area contributed by atoms with Gasteiger partial charge in [-0.05, 0) is 42.3 Å². The van der Waals surface area contributed by atoms with Crippen molar-refractivity contribution in [2.24, 2.45) is 0 Å². The van der Waals surface area contributed by atoms with Crippen LogP contribution in [0.15, 0.2) is 60.7 Å². The number of imidazole rings is 1. The standard InChI is InChI=1S/C31H24F2N4O4S/c1-39-31(38)27-14-26-30(42-27)36-28(37(26)16-22-9-10-40-22)13-19-7-8-20(12-24(19)33)25-3-2-4-29(35-25)41-17-21-6-5-18(15-34)11-23(21)32/h2-8,11-12,14,22H,9-10,13,16-17H2,1H3/t22-/m0/s1. The number of halogens is 2. The molecular weight excluding hydrogens is 562 g/mol. The zero-order valence-corrected chi connectivity index (χ0v) is 23.3. The zero-order valence-electron chi connectivity index (χ0n) is 22.5. The number of benzene rings is 2. The molecular formula is C31H24F2N4O4S. The maximum atomic E-state index is 15.4. The van der Waals surface area contributed by atoms with Crippen molar-refractivity contribution in [3.8, 4) is 23.2 Å². The first kappa shape index (κ1) is 27.5. The highest BCUT2D eigenvalue weighted by Gasteiger charge is 2.24. The van der Waals surface area contributed by atoms with E-state index in [-0.39, 0.29) is 30.6 Å². The molecule has 6 rings (SSSR count). The van der Waals surface area contributed by atoms with Gasteiger partial charge in [0.15, 0.2) is 0 Å². The Bertz CT molecular complexity index is 1840. The fourth-order valence-electron chi connectivity index (χ4n) is 4.70. The highest BCUT2D eigenvalue weighted by molar-refractivity contribution is 7.20. The van der Waals surface area contributed by atoms with E-state index < -0.39 is 17.6 Å². The first-order valence-corrected chi connectivity index (χ1v) is 14.0. The summed E-state index contributed by atoms with van der Waals surface area (Å²) in [6.45, 7) is 1.20. The van der Waals surface area contributed by atoms with Crippen LogP contribution in [0, 0.1) is 23.0 Å². The molecule has 0 N–H and O–H groups in total. The van der Waals surface area contributed by atoms with E-state index in [0.717, 1.165) is 18.0 Å². The Balaban J connectivity index is 1.21. The molecule has 0 unspecified atom stereocenters. The van der Waals surface area contributed by atoms with E-state index >= 15 is 4.39 Å². The summed E-state index contributed by atoms with van der Waals surface area (Å²) >= 11 is 1.24. The van der Waals surface area contributed by atoms with Gasteiger partial charge in [-0.3, -0.25) is 0 Å². The Labute approximate surface area is 243 Å². The number of aromatic nitrogens is 3. The van der Waals surface area contributed by atoms with Crippen molar-refractivity contribution in [1.82, 2.24) is 14.5 Å². The van der Waals surface area contributed by atoms with Crippen molar-refractivity contribution in [2.75, 3.05) is 13.7 Å². The molecule has 0 aliphatic carbocycles. The van der Waals surface area contributed by atoms with Gasteiger partial charge in [-0.15, -0.1) is 11.3 Å². The first-order valence-electron chi connectivity index (χ1n) is 13.2. The minimum absolute atomic E-state index is 0.0452. The predicted octanol–water partition coefficient (Wildman–Crippen LogP) is 6.05.